The highest BCUT2D eigenvalue weighted by atomic mass is 17.2. The van der Waals surface area contributed by atoms with Gasteiger partial charge in [0, 0.05) is 5.56 Å². The summed E-state index contributed by atoms with van der Waals surface area (Å²) < 4.78 is 0. The Morgan fingerprint density at radius 3 is 2.00 bits per heavy atom. The van der Waals surface area contributed by atoms with Crippen LogP contribution in [0.1, 0.15) is 61.2 Å². The largest absolute Gasteiger partial charge is 0.504 e. The normalized spacial score (nSPS) is 10.7. The Morgan fingerprint density at radius 2 is 1.57 bits per heavy atom. The zero-order valence-corrected chi connectivity index (χ0v) is 13.2. The summed E-state index contributed by atoms with van der Waals surface area (Å²) in [5, 5.41) is 19.7. The minimum Gasteiger partial charge on any atom is -0.504 e. The van der Waals surface area contributed by atoms with Crippen LogP contribution in [-0.2, 0) is 24.2 Å². The molecule has 5 nitrogen and oxygen atoms in total. The molecule has 0 radical (unpaired) electrons. The molecule has 0 bridgehead atoms. The van der Waals surface area contributed by atoms with Gasteiger partial charge in [0.05, 0.1) is 6.61 Å². The van der Waals surface area contributed by atoms with E-state index in [0.29, 0.717) is 31.4 Å². The predicted molar refractivity (Wildman–Crippen MR) is 80.1 cm³/mol. The molecule has 2 N–H and O–H groups in total. The van der Waals surface area contributed by atoms with Crippen LogP contribution < -0.4 is 4.89 Å². The van der Waals surface area contributed by atoms with Gasteiger partial charge in [-0.15, -0.1) is 0 Å². The van der Waals surface area contributed by atoms with E-state index >= 15 is 0 Å². The number of aromatic carboxylic acids is 1. The third-order valence-corrected chi connectivity index (χ3v) is 3.46. The fraction of sp³-hybridized carbons (Fsp3) is 0.562. The Balaban J connectivity index is 3.53. The van der Waals surface area contributed by atoms with Crippen molar-refractivity contribution in [3.05, 3.63) is 22.3 Å². The molecule has 0 heterocycles. The Morgan fingerprint density at radius 1 is 1.00 bits per heavy atom. The molecule has 118 valence electrons. The maximum absolute atomic E-state index is 11.5. The number of phenols is 1. The molecule has 0 fully saturated rings. The predicted octanol–water partition coefficient (Wildman–Crippen LogP) is 3.50. The van der Waals surface area contributed by atoms with Crippen molar-refractivity contribution in [1.29, 1.82) is 0 Å². The number of carbonyl (C=O) groups is 1. The molecule has 0 spiro atoms. The highest BCUT2D eigenvalue weighted by Gasteiger charge is 2.26. The first-order valence-corrected chi connectivity index (χ1v) is 7.45. The molecule has 0 saturated carbocycles. The van der Waals surface area contributed by atoms with Crippen LogP contribution in [0, 0.1) is 0 Å². The Bertz CT molecular complexity index is 508. The highest BCUT2D eigenvalue weighted by Crippen LogP contribution is 2.40. The average Bonchev–Trinajstić information content (AvgIpc) is 2.47. The van der Waals surface area contributed by atoms with Crippen LogP contribution in [0.3, 0.4) is 0 Å². The average molecular weight is 296 g/mol. The summed E-state index contributed by atoms with van der Waals surface area (Å²) in [5.41, 5.74) is 2.32. The minimum absolute atomic E-state index is 0.0818. The second-order valence-corrected chi connectivity index (χ2v) is 4.76. The molecule has 0 aliphatic rings. The lowest BCUT2D eigenvalue weighted by Gasteiger charge is -2.20. The fourth-order valence-corrected chi connectivity index (χ4v) is 2.56. The van der Waals surface area contributed by atoms with E-state index in [4.69, 9.17) is 9.78 Å². The monoisotopic (exact) mass is 296 g/mol. The summed E-state index contributed by atoms with van der Waals surface area (Å²) in [4.78, 5) is 21.8. The Kier molecular flexibility index (Phi) is 6.49. The number of benzene rings is 1. The maximum atomic E-state index is 11.5. The van der Waals surface area contributed by atoms with Gasteiger partial charge in [0.1, 0.15) is 5.56 Å². The molecule has 1 rings (SSSR count). The number of carboxylic acids is 1. The minimum atomic E-state index is -1.15. The van der Waals surface area contributed by atoms with Gasteiger partial charge in [-0.05, 0) is 36.8 Å². The van der Waals surface area contributed by atoms with Gasteiger partial charge < -0.3 is 15.1 Å². The van der Waals surface area contributed by atoms with Gasteiger partial charge in [-0.1, -0.05) is 27.7 Å². The molecule has 0 atom stereocenters. The van der Waals surface area contributed by atoms with Gasteiger partial charge in [-0.2, -0.15) is 4.89 Å². The molecule has 1 aromatic rings. The van der Waals surface area contributed by atoms with Crippen LogP contribution in [0.4, 0.5) is 0 Å². The smallest absolute Gasteiger partial charge is 0.339 e. The summed E-state index contributed by atoms with van der Waals surface area (Å²) in [7, 11) is 0. The highest BCUT2D eigenvalue weighted by molar-refractivity contribution is 5.94. The van der Waals surface area contributed by atoms with E-state index in [0.717, 1.165) is 17.5 Å². The van der Waals surface area contributed by atoms with E-state index in [1.807, 2.05) is 27.7 Å². The molecule has 5 heteroatoms. The van der Waals surface area contributed by atoms with Crippen LogP contribution in [0.15, 0.2) is 0 Å². The van der Waals surface area contributed by atoms with Crippen LogP contribution in [0.2, 0.25) is 0 Å². The second-order valence-electron chi connectivity index (χ2n) is 4.76. The van der Waals surface area contributed by atoms with Gasteiger partial charge in [-0.25, -0.2) is 4.79 Å². The van der Waals surface area contributed by atoms with E-state index in [-0.39, 0.29) is 17.1 Å². The molecule has 0 aliphatic heterocycles. The quantitative estimate of drug-likeness (QED) is 0.436. The molecule has 0 unspecified atom stereocenters. The summed E-state index contributed by atoms with van der Waals surface area (Å²) in [5.74, 6) is -1.36. The summed E-state index contributed by atoms with van der Waals surface area (Å²) in [6.45, 7) is 8.10. The van der Waals surface area contributed by atoms with Crippen molar-refractivity contribution < 1.29 is 24.8 Å². The third-order valence-electron chi connectivity index (χ3n) is 3.46. The van der Waals surface area contributed by atoms with E-state index in [1.165, 1.54) is 0 Å². The topological polar surface area (TPSA) is 76.0 Å². The Labute approximate surface area is 125 Å². The summed E-state index contributed by atoms with van der Waals surface area (Å²) in [6.07, 6.45) is 2.62. The SMILES string of the molecule is CCCOOc1c(O)c(C(=O)O)c(CC)c(CC)c1CC. The molecule has 0 aromatic heterocycles. The fourth-order valence-electron chi connectivity index (χ4n) is 2.56. The molecule has 21 heavy (non-hydrogen) atoms. The standard InChI is InChI=1S/C16H24O5/c1-5-9-20-21-15-12(8-4)10(6-2)11(7-3)13(14(15)17)16(18)19/h17H,5-9H2,1-4H3,(H,18,19). The van der Waals surface area contributed by atoms with Crippen molar-refractivity contribution in [2.75, 3.05) is 6.61 Å². The van der Waals surface area contributed by atoms with Gasteiger partial charge in [0.25, 0.3) is 0 Å². The van der Waals surface area contributed by atoms with E-state index in [1.54, 1.807) is 0 Å². The van der Waals surface area contributed by atoms with E-state index < -0.39 is 5.97 Å². The van der Waals surface area contributed by atoms with Gasteiger partial charge in [-0.3, -0.25) is 0 Å². The zero-order chi connectivity index (χ0) is 16.0. The first-order valence-electron chi connectivity index (χ1n) is 7.45. The molecular formula is C16H24O5. The van der Waals surface area contributed by atoms with E-state index in [9.17, 15) is 15.0 Å². The molecular weight excluding hydrogens is 272 g/mol. The number of hydrogen-bond donors (Lipinski definition) is 2. The number of hydrogen-bond acceptors (Lipinski definition) is 4. The molecule has 0 aliphatic carbocycles. The molecule has 1 aromatic carbocycles. The summed E-state index contributed by atoms with van der Waals surface area (Å²) >= 11 is 0. The van der Waals surface area contributed by atoms with Crippen molar-refractivity contribution in [3.8, 4) is 11.5 Å². The first-order chi connectivity index (χ1) is 10.0. The number of carboxylic acid groups (broad SMARTS) is 1. The van der Waals surface area contributed by atoms with Crippen molar-refractivity contribution >= 4 is 5.97 Å². The lowest BCUT2D eigenvalue weighted by Crippen LogP contribution is -2.12. The van der Waals surface area contributed by atoms with Crippen molar-refractivity contribution in [2.24, 2.45) is 0 Å². The van der Waals surface area contributed by atoms with Crippen LogP contribution >= 0.6 is 0 Å². The first kappa shape index (κ1) is 17.3. The number of rotatable bonds is 8. The van der Waals surface area contributed by atoms with Gasteiger partial charge >= 0.3 is 5.97 Å². The van der Waals surface area contributed by atoms with Gasteiger partial charge in [0.15, 0.2) is 5.75 Å². The van der Waals surface area contributed by atoms with Crippen LogP contribution in [0.5, 0.6) is 11.5 Å². The van der Waals surface area contributed by atoms with Crippen molar-refractivity contribution in [2.45, 2.75) is 53.4 Å². The molecule has 0 amide bonds. The number of aromatic hydroxyl groups is 1. The summed E-state index contributed by atoms with van der Waals surface area (Å²) in [6, 6.07) is 0. The maximum Gasteiger partial charge on any atom is 0.339 e. The molecule has 0 saturated heterocycles. The van der Waals surface area contributed by atoms with Crippen molar-refractivity contribution in [3.63, 3.8) is 0 Å². The van der Waals surface area contributed by atoms with E-state index in [2.05, 4.69) is 0 Å². The van der Waals surface area contributed by atoms with Crippen LogP contribution in [0.25, 0.3) is 0 Å². The van der Waals surface area contributed by atoms with Crippen molar-refractivity contribution in [1.82, 2.24) is 0 Å². The van der Waals surface area contributed by atoms with Gasteiger partial charge in [0.2, 0.25) is 5.75 Å². The van der Waals surface area contributed by atoms with Crippen LogP contribution in [-0.4, -0.2) is 22.8 Å². The third kappa shape index (κ3) is 3.47. The zero-order valence-electron chi connectivity index (χ0n) is 13.2. The Hall–Kier alpha value is -1.75. The lowest BCUT2D eigenvalue weighted by molar-refractivity contribution is -0.207. The second kappa shape index (κ2) is 7.88. The lowest BCUT2D eigenvalue weighted by atomic mass is 9.89.